The van der Waals surface area contributed by atoms with Gasteiger partial charge in [0, 0.05) is 24.1 Å². The molecule has 1 atom stereocenters. The number of hydrogen-bond acceptors (Lipinski definition) is 2. The summed E-state index contributed by atoms with van der Waals surface area (Å²) in [6.45, 7) is 9.94. The Balaban J connectivity index is 1.76. The minimum atomic E-state index is -1.27. The maximum atomic E-state index is 13.7. The molecule has 1 unspecified atom stereocenters. The Kier molecular flexibility index (Phi) is 5.56. The Morgan fingerprint density at radius 2 is 1.97 bits per heavy atom. The summed E-state index contributed by atoms with van der Waals surface area (Å²) in [5.74, 6) is -1.94. The van der Waals surface area contributed by atoms with E-state index < -0.39 is 35.9 Å². The first-order chi connectivity index (χ1) is 19.1. The Bertz CT molecular complexity index is 1500. The number of nitrogens with one attached hydrogen (secondary N) is 1. The maximum Gasteiger partial charge on any atom is 0.248 e. The molecule has 1 aliphatic carbocycles. The van der Waals surface area contributed by atoms with Crippen LogP contribution in [-0.2, 0) is 4.79 Å². The molecule has 1 heterocycles. The molecule has 4 nitrogen and oxygen atoms in total. The average Bonchev–Trinajstić information content (AvgIpc) is 3.14. The van der Waals surface area contributed by atoms with Crippen LogP contribution in [0.2, 0.25) is 0 Å². The van der Waals surface area contributed by atoms with Crippen molar-refractivity contribution < 1.29 is 18.8 Å². The van der Waals surface area contributed by atoms with Gasteiger partial charge in [-0.05, 0) is 79.9 Å². The summed E-state index contributed by atoms with van der Waals surface area (Å²) in [7, 11) is 0. The van der Waals surface area contributed by atoms with Crippen LogP contribution in [-0.4, -0.2) is 15.5 Å². The highest BCUT2D eigenvalue weighted by Crippen LogP contribution is 2.45. The van der Waals surface area contributed by atoms with Gasteiger partial charge < -0.3 is 9.88 Å². The highest BCUT2D eigenvalue weighted by molar-refractivity contribution is 5.99. The van der Waals surface area contributed by atoms with Crippen molar-refractivity contribution in [2.75, 3.05) is 5.32 Å². The van der Waals surface area contributed by atoms with Gasteiger partial charge in [-0.1, -0.05) is 49.8 Å². The van der Waals surface area contributed by atoms with E-state index in [2.05, 4.69) is 24.1 Å². The standard InChI is InChI=1S/C29H34FN3O/c1-21(7-6-8-22(2)19-28(34)32-25-12-10-24(30)11-13-25)9-14-26-23(3)27(15-16-29(26,4)5)33-18-17-31-20-33/h6-14,17-20,27H,15-16H2,1-5H3,(H,32,34)/b8-6+,14-9+,21-7+,22-19+/i10D,11D,12D,13D,17D,18D,20D. The zero-order valence-electron chi connectivity index (χ0n) is 27.1. The van der Waals surface area contributed by atoms with Crippen LogP contribution in [0.3, 0.4) is 0 Å². The summed E-state index contributed by atoms with van der Waals surface area (Å²) < 4.78 is 70.1. The Labute approximate surface area is 212 Å². The first kappa shape index (κ1) is 17.0. The van der Waals surface area contributed by atoms with E-state index in [9.17, 15) is 9.18 Å². The molecule has 0 bridgehead atoms. The van der Waals surface area contributed by atoms with Crippen molar-refractivity contribution >= 4 is 11.6 Å². The predicted molar refractivity (Wildman–Crippen MR) is 138 cm³/mol. The molecule has 0 fully saturated rings. The third kappa shape index (κ3) is 6.77. The fourth-order valence-electron chi connectivity index (χ4n) is 3.97. The molecule has 0 radical (unpaired) electrons. The average molecular weight is 467 g/mol. The maximum absolute atomic E-state index is 13.7. The number of carbonyl (C=O) groups is 1. The number of imidazole rings is 1. The number of allylic oxidation sites excluding steroid dienone is 9. The number of halogens is 1. The second-order valence-corrected chi connectivity index (χ2v) is 9.01. The van der Waals surface area contributed by atoms with Crippen LogP contribution >= 0.6 is 0 Å². The van der Waals surface area contributed by atoms with E-state index in [-0.39, 0.29) is 35.8 Å². The van der Waals surface area contributed by atoms with E-state index in [1.165, 1.54) is 10.6 Å². The van der Waals surface area contributed by atoms with Crippen molar-refractivity contribution in [1.29, 1.82) is 0 Å². The summed E-state index contributed by atoms with van der Waals surface area (Å²) in [6.07, 6.45) is 11.9. The lowest BCUT2D eigenvalue weighted by molar-refractivity contribution is -0.111. The number of rotatable bonds is 7. The Morgan fingerprint density at radius 3 is 2.65 bits per heavy atom. The topological polar surface area (TPSA) is 46.9 Å². The zero-order chi connectivity index (χ0) is 30.8. The van der Waals surface area contributed by atoms with Gasteiger partial charge in [-0.25, -0.2) is 9.37 Å². The molecule has 0 saturated carbocycles. The van der Waals surface area contributed by atoms with Crippen molar-refractivity contribution in [2.45, 2.75) is 53.5 Å². The zero-order valence-corrected chi connectivity index (χ0v) is 20.1. The quantitative estimate of drug-likeness (QED) is 0.343. The lowest BCUT2D eigenvalue weighted by Crippen LogP contribution is -2.25. The Morgan fingerprint density at radius 1 is 1.24 bits per heavy atom. The lowest BCUT2D eigenvalue weighted by Gasteiger charge is -2.37. The third-order valence-electron chi connectivity index (χ3n) is 5.82. The molecule has 1 aromatic heterocycles. The number of anilines is 1. The van der Waals surface area contributed by atoms with Crippen LogP contribution in [0.1, 0.15) is 63.1 Å². The van der Waals surface area contributed by atoms with Crippen LogP contribution in [0.25, 0.3) is 0 Å². The number of amides is 1. The van der Waals surface area contributed by atoms with Crippen LogP contribution in [0, 0.1) is 11.2 Å². The van der Waals surface area contributed by atoms with Crippen molar-refractivity contribution in [3.05, 3.63) is 107 Å². The van der Waals surface area contributed by atoms with E-state index in [0.29, 0.717) is 5.57 Å². The van der Waals surface area contributed by atoms with Gasteiger partial charge in [0.1, 0.15) is 7.19 Å². The van der Waals surface area contributed by atoms with Crippen LogP contribution in [0.15, 0.2) is 102 Å². The first-order valence-corrected chi connectivity index (χ1v) is 11.1. The molecule has 1 N–H and O–H groups in total. The van der Waals surface area contributed by atoms with Crippen molar-refractivity contribution in [3.63, 3.8) is 0 Å². The van der Waals surface area contributed by atoms with E-state index in [1.807, 2.05) is 32.1 Å². The molecule has 2 aromatic rings. The van der Waals surface area contributed by atoms with Crippen molar-refractivity contribution in [2.24, 2.45) is 5.41 Å². The van der Waals surface area contributed by atoms with E-state index in [0.717, 1.165) is 29.6 Å². The second kappa shape index (κ2) is 11.1. The fourth-order valence-corrected chi connectivity index (χ4v) is 3.97. The lowest BCUT2D eigenvalue weighted by atomic mass is 9.71. The SMILES string of the molecule is [2H]c1nc([2H])n(C2CCC(C)(C)C(/C=C/C(C)=C/C=C/C(C)=C/C(=O)Nc3c([2H])c([2H])c(F)c([2H])c3[2H])=C2C)c1[2H]. The van der Waals surface area contributed by atoms with Gasteiger partial charge in [-0.15, -0.1) is 0 Å². The molecule has 34 heavy (non-hydrogen) atoms. The van der Waals surface area contributed by atoms with E-state index >= 15 is 0 Å². The molecule has 1 aromatic carbocycles. The van der Waals surface area contributed by atoms with Crippen LogP contribution < -0.4 is 5.32 Å². The molecule has 1 amide bonds. The molecule has 5 heteroatoms. The van der Waals surface area contributed by atoms with E-state index in [4.69, 9.17) is 9.60 Å². The summed E-state index contributed by atoms with van der Waals surface area (Å²) in [6, 6.07) is -3.22. The van der Waals surface area contributed by atoms with Crippen molar-refractivity contribution in [1.82, 2.24) is 9.55 Å². The molecule has 3 rings (SSSR count). The van der Waals surface area contributed by atoms with Crippen LogP contribution in [0.5, 0.6) is 0 Å². The summed E-state index contributed by atoms with van der Waals surface area (Å²) in [5.41, 5.74) is 3.14. The normalized spacial score (nSPS) is 22.2. The van der Waals surface area contributed by atoms with E-state index in [1.54, 1.807) is 19.1 Å². The van der Waals surface area contributed by atoms with Gasteiger partial charge in [0.2, 0.25) is 5.91 Å². The fraction of sp³-hybridized carbons (Fsp3) is 0.310. The van der Waals surface area contributed by atoms with Gasteiger partial charge in [0.05, 0.1) is 20.6 Å². The van der Waals surface area contributed by atoms with Crippen molar-refractivity contribution in [3.8, 4) is 0 Å². The minimum absolute atomic E-state index is 0.0547. The summed E-state index contributed by atoms with van der Waals surface area (Å²) in [4.78, 5) is 16.2. The highest BCUT2D eigenvalue weighted by atomic mass is 19.1. The molecular formula is C29H34FN3O. The minimum Gasteiger partial charge on any atom is -0.330 e. The van der Waals surface area contributed by atoms with Gasteiger partial charge in [0.25, 0.3) is 0 Å². The third-order valence-corrected chi connectivity index (χ3v) is 5.82. The van der Waals surface area contributed by atoms with Gasteiger partial charge >= 0.3 is 0 Å². The predicted octanol–water partition coefficient (Wildman–Crippen LogP) is 7.34. The largest absolute Gasteiger partial charge is 0.330 e. The van der Waals surface area contributed by atoms with Gasteiger partial charge in [-0.2, -0.15) is 0 Å². The molecule has 0 saturated heterocycles. The smallest absolute Gasteiger partial charge is 0.248 e. The summed E-state index contributed by atoms with van der Waals surface area (Å²) >= 11 is 0. The molecule has 178 valence electrons. The van der Waals surface area contributed by atoms with Gasteiger partial charge in [0.15, 0.2) is 0 Å². The number of nitrogens with zero attached hydrogens (tertiary/aromatic N) is 2. The number of carbonyl (C=O) groups excluding carboxylic acids is 1. The summed E-state index contributed by atoms with van der Waals surface area (Å²) in [5, 5.41) is 2.31. The second-order valence-electron chi connectivity index (χ2n) is 9.01. The highest BCUT2D eigenvalue weighted by Gasteiger charge is 2.32. The molecule has 0 aliphatic heterocycles. The van der Waals surface area contributed by atoms with Gasteiger partial charge in [-0.3, -0.25) is 4.79 Å². The van der Waals surface area contributed by atoms with Crippen LogP contribution in [0.4, 0.5) is 10.1 Å². The Hall–Kier alpha value is -3.47. The molecular weight excluding hydrogens is 425 g/mol. The number of benzene rings is 1. The molecule has 1 aliphatic rings. The number of aromatic nitrogens is 2. The monoisotopic (exact) mass is 466 g/mol. The number of hydrogen-bond donors (Lipinski definition) is 1. The molecule has 0 spiro atoms. The first-order valence-electron chi connectivity index (χ1n) is 14.6.